The summed E-state index contributed by atoms with van der Waals surface area (Å²) in [5, 5.41) is 2.52. The number of carbonyl (C=O) groups excluding carboxylic acids is 2. The Labute approximate surface area is 95.5 Å². The third-order valence-corrected chi connectivity index (χ3v) is 2.66. The first-order valence-electron chi connectivity index (χ1n) is 5.60. The van der Waals surface area contributed by atoms with Crippen LogP contribution in [0.1, 0.15) is 32.6 Å². The summed E-state index contributed by atoms with van der Waals surface area (Å²) in [5.74, 6) is -0.724. The van der Waals surface area contributed by atoms with E-state index in [0.29, 0.717) is 0 Å². The minimum atomic E-state index is -0.692. The van der Waals surface area contributed by atoms with E-state index in [9.17, 15) is 9.59 Å². The zero-order valence-corrected chi connectivity index (χ0v) is 9.82. The van der Waals surface area contributed by atoms with Gasteiger partial charge in [0.05, 0.1) is 19.8 Å². The molecule has 0 aromatic rings. The van der Waals surface area contributed by atoms with Gasteiger partial charge >= 0.3 is 5.97 Å². The molecule has 1 N–H and O–H groups in total. The highest BCUT2D eigenvalue weighted by Gasteiger charge is 2.23. The van der Waals surface area contributed by atoms with Crippen LogP contribution in [0.2, 0.25) is 0 Å². The monoisotopic (exact) mass is 229 g/mol. The number of ether oxygens (including phenoxy) is 2. The van der Waals surface area contributed by atoms with E-state index in [2.05, 4.69) is 10.1 Å². The molecule has 1 amide bonds. The zero-order chi connectivity index (χ0) is 12.0. The molecule has 0 saturated heterocycles. The molecule has 1 rings (SSSR count). The average Bonchev–Trinajstić information content (AvgIpc) is 2.75. The van der Waals surface area contributed by atoms with E-state index < -0.39 is 12.0 Å². The normalized spacial score (nSPS) is 18.1. The van der Waals surface area contributed by atoms with Gasteiger partial charge in [-0.05, 0) is 12.8 Å². The quantitative estimate of drug-likeness (QED) is 0.702. The first kappa shape index (κ1) is 13.0. The first-order chi connectivity index (χ1) is 7.63. The Hall–Kier alpha value is -1.10. The maximum Gasteiger partial charge on any atom is 0.330 e. The van der Waals surface area contributed by atoms with Crippen LogP contribution in [-0.2, 0) is 19.1 Å². The fraction of sp³-hybridized carbons (Fsp3) is 0.818. The molecule has 1 atom stereocenters. The predicted molar refractivity (Wildman–Crippen MR) is 57.8 cm³/mol. The smallest absolute Gasteiger partial charge is 0.330 e. The number of amides is 1. The van der Waals surface area contributed by atoms with E-state index in [1.807, 2.05) is 0 Å². The zero-order valence-electron chi connectivity index (χ0n) is 9.82. The van der Waals surface area contributed by atoms with Gasteiger partial charge in [-0.2, -0.15) is 0 Å². The molecule has 5 nitrogen and oxygen atoms in total. The van der Waals surface area contributed by atoms with Crippen LogP contribution in [0.15, 0.2) is 0 Å². The lowest BCUT2D eigenvalue weighted by Gasteiger charge is -2.18. The van der Waals surface area contributed by atoms with Crippen molar-refractivity contribution in [2.45, 2.75) is 44.8 Å². The highest BCUT2D eigenvalue weighted by Crippen LogP contribution is 2.20. The summed E-state index contributed by atoms with van der Waals surface area (Å²) in [6.45, 7) is 1.56. The lowest BCUT2D eigenvalue weighted by Crippen LogP contribution is -2.44. The van der Waals surface area contributed by atoms with Crippen LogP contribution >= 0.6 is 0 Å². The summed E-state index contributed by atoms with van der Waals surface area (Å²) in [6, 6.07) is -0.692. The molecule has 0 spiro atoms. The molecule has 16 heavy (non-hydrogen) atoms. The lowest BCUT2D eigenvalue weighted by atomic mass is 10.3. The average molecular weight is 229 g/mol. The number of hydrogen-bond donors (Lipinski definition) is 1. The Kier molecular flexibility index (Phi) is 5.25. The molecule has 5 heteroatoms. The number of carbonyl (C=O) groups is 2. The van der Waals surface area contributed by atoms with Gasteiger partial charge in [-0.1, -0.05) is 12.8 Å². The minimum absolute atomic E-state index is 0.191. The van der Waals surface area contributed by atoms with Crippen LogP contribution in [0.25, 0.3) is 0 Å². The molecule has 1 saturated carbocycles. The summed E-state index contributed by atoms with van der Waals surface area (Å²) >= 11 is 0. The molecular formula is C11H19NO4. The second-order valence-electron chi connectivity index (χ2n) is 4.02. The van der Waals surface area contributed by atoms with E-state index in [-0.39, 0.29) is 18.6 Å². The van der Waals surface area contributed by atoms with E-state index in [1.54, 1.807) is 0 Å². The largest absolute Gasteiger partial charge is 0.467 e. The Morgan fingerprint density at radius 2 is 2.00 bits per heavy atom. The van der Waals surface area contributed by atoms with Gasteiger partial charge in [0.1, 0.15) is 0 Å². The van der Waals surface area contributed by atoms with E-state index >= 15 is 0 Å². The summed E-state index contributed by atoms with van der Waals surface area (Å²) in [5.41, 5.74) is 0. The molecule has 0 bridgehead atoms. The third kappa shape index (κ3) is 4.18. The molecule has 0 heterocycles. The Bertz CT molecular complexity index is 248. The molecule has 1 fully saturated rings. The van der Waals surface area contributed by atoms with Crippen molar-refractivity contribution >= 4 is 11.9 Å². The second kappa shape index (κ2) is 6.48. The Morgan fingerprint density at radius 1 is 1.38 bits per heavy atom. The maximum absolute atomic E-state index is 11.3. The number of nitrogens with one attached hydrogen (secondary N) is 1. The van der Waals surface area contributed by atoms with Gasteiger partial charge in [0.15, 0.2) is 6.04 Å². The highest BCUT2D eigenvalue weighted by molar-refractivity contribution is 5.83. The molecule has 0 aromatic carbocycles. The standard InChI is InChI=1S/C11H19NO4/c1-8(13)12-10(11(14)15-2)7-16-9-5-3-4-6-9/h9-10H,3-7H2,1-2H3,(H,12,13). The van der Waals surface area contributed by atoms with Crippen molar-refractivity contribution in [3.8, 4) is 0 Å². The fourth-order valence-electron chi connectivity index (χ4n) is 1.84. The molecule has 1 aliphatic rings. The van der Waals surface area contributed by atoms with Gasteiger partial charge in [0, 0.05) is 6.92 Å². The topological polar surface area (TPSA) is 64.6 Å². The summed E-state index contributed by atoms with van der Waals surface area (Å²) in [7, 11) is 1.30. The molecular weight excluding hydrogens is 210 g/mol. The molecule has 0 radical (unpaired) electrons. The SMILES string of the molecule is COC(=O)C(COC1CCCC1)NC(C)=O. The van der Waals surface area contributed by atoms with E-state index in [4.69, 9.17) is 4.74 Å². The maximum atomic E-state index is 11.3. The summed E-state index contributed by atoms with van der Waals surface area (Å²) in [6.07, 6.45) is 4.64. The van der Waals surface area contributed by atoms with E-state index in [0.717, 1.165) is 12.8 Å². The molecule has 92 valence electrons. The van der Waals surface area contributed by atoms with Gasteiger partial charge in [-0.25, -0.2) is 4.79 Å². The predicted octanol–water partition coefficient (Wildman–Crippen LogP) is 0.623. The molecule has 0 aliphatic heterocycles. The van der Waals surface area contributed by atoms with Gasteiger partial charge < -0.3 is 14.8 Å². The van der Waals surface area contributed by atoms with Crippen LogP contribution < -0.4 is 5.32 Å². The van der Waals surface area contributed by atoms with Crippen LogP contribution in [0, 0.1) is 0 Å². The number of rotatable bonds is 5. The van der Waals surface area contributed by atoms with Crippen molar-refractivity contribution in [2.24, 2.45) is 0 Å². The molecule has 0 aromatic heterocycles. The number of methoxy groups -OCH3 is 1. The van der Waals surface area contributed by atoms with Crippen LogP contribution in [-0.4, -0.2) is 37.7 Å². The van der Waals surface area contributed by atoms with Crippen molar-refractivity contribution < 1.29 is 19.1 Å². The number of esters is 1. The first-order valence-corrected chi connectivity index (χ1v) is 5.60. The molecule has 1 aliphatic carbocycles. The summed E-state index contributed by atoms with van der Waals surface area (Å²) < 4.78 is 10.2. The third-order valence-electron chi connectivity index (χ3n) is 2.66. The van der Waals surface area contributed by atoms with Gasteiger partial charge in [0.25, 0.3) is 0 Å². The van der Waals surface area contributed by atoms with Crippen molar-refractivity contribution in [3.05, 3.63) is 0 Å². The van der Waals surface area contributed by atoms with Gasteiger partial charge in [-0.15, -0.1) is 0 Å². The van der Waals surface area contributed by atoms with Gasteiger partial charge in [0.2, 0.25) is 5.91 Å². The van der Waals surface area contributed by atoms with E-state index in [1.165, 1.54) is 26.9 Å². The Balaban J connectivity index is 2.36. The van der Waals surface area contributed by atoms with Crippen molar-refractivity contribution in [3.63, 3.8) is 0 Å². The number of hydrogen-bond acceptors (Lipinski definition) is 4. The minimum Gasteiger partial charge on any atom is -0.467 e. The molecule has 1 unspecified atom stereocenters. The van der Waals surface area contributed by atoms with Crippen LogP contribution in [0.3, 0.4) is 0 Å². The second-order valence-corrected chi connectivity index (χ2v) is 4.02. The van der Waals surface area contributed by atoms with Crippen molar-refractivity contribution in [2.75, 3.05) is 13.7 Å². The Morgan fingerprint density at radius 3 is 2.50 bits per heavy atom. The van der Waals surface area contributed by atoms with Crippen LogP contribution in [0.4, 0.5) is 0 Å². The van der Waals surface area contributed by atoms with Crippen molar-refractivity contribution in [1.82, 2.24) is 5.32 Å². The van der Waals surface area contributed by atoms with Crippen LogP contribution in [0.5, 0.6) is 0 Å². The van der Waals surface area contributed by atoms with Gasteiger partial charge in [-0.3, -0.25) is 4.79 Å². The summed E-state index contributed by atoms with van der Waals surface area (Å²) in [4.78, 5) is 22.2. The van der Waals surface area contributed by atoms with Crippen molar-refractivity contribution in [1.29, 1.82) is 0 Å². The fourth-order valence-corrected chi connectivity index (χ4v) is 1.84. The lowest BCUT2D eigenvalue weighted by molar-refractivity contribution is -0.147. The highest BCUT2D eigenvalue weighted by atomic mass is 16.5.